The molecule has 3 amide bonds. The number of benzene rings is 1. The summed E-state index contributed by atoms with van der Waals surface area (Å²) in [5, 5.41) is 5.06. The Morgan fingerprint density at radius 2 is 1.90 bits per heavy atom. The van der Waals surface area contributed by atoms with Gasteiger partial charge in [-0.3, -0.25) is 10.1 Å². The number of carbonyl (C=O) groups excluding carboxylic acids is 2. The first kappa shape index (κ1) is 16.2. The average Bonchev–Trinajstić information content (AvgIpc) is 2.38. The van der Waals surface area contributed by atoms with E-state index in [0.29, 0.717) is 0 Å². The Bertz CT molecular complexity index is 434. The van der Waals surface area contributed by atoms with E-state index in [1.807, 2.05) is 51.2 Å². The summed E-state index contributed by atoms with van der Waals surface area (Å²) in [4.78, 5) is 24.3. The fraction of sp³-hybridized carbons (Fsp3) is 0.467. The van der Waals surface area contributed by atoms with E-state index in [0.717, 1.165) is 17.9 Å². The highest BCUT2D eigenvalue weighted by atomic mass is 16.2. The van der Waals surface area contributed by atoms with Crippen LogP contribution in [-0.2, 0) is 11.3 Å². The molecule has 0 bridgehead atoms. The maximum absolute atomic E-state index is 11.7. The van der Waals surface area contributed by atoms with E-state index in [-0.39, 0.29) is 18.5 Å². The van der Waals surface area contributed by atoms with Crippen molar-refractivity contribution in [1.82, 2.24) is 10.6 Å². The van der Waals surface area contributed by atoms with Gasteiger partial charge in [-0.25, -0.2) is 4.79 Å². The molecule has 1 unspecified atom stereocenters. The zero-order valence-corrected chi connectivity index (χ0v) is 12.4. The van der Waals surface area contributed by atoms with Crippen LogP contribution in [0.2, 0.25) is 0 Å². The number of hydrogen-bond donors (Lipinski definition) is 3. The molecule has 1 aromatic carbocycles. The average molecular weight is 278 g/mol. The van der Waals surface area contributed by atoms with Crippen molar-refractivity contribution in [3.63, 3.8) is 0 Å². The summed E-state index contributed by atoms with van der Waals surface area (Å²) in [7, 11) is 1.93. The Hall–Kier alpha value is -1.88. The van der Waals surface area contributed by atoms with Gasteiger partial charge in [0, 0.05) is 11.6 Å². The molecule has 0 aliphatic carbocycles. The summed E-state index contributed by atoms with van der Waals surface area (Å²) in [5.41, 5.74) is 1.17. The van der Waals surface area contributed by atoms with E-state index < -0.39 is 6.03 Å². The highest BCUT2D eigenvalue weighted by Crippen LogP contribution is 1.94. The summed E-state index contributed by atoms with van der Waals surface area (Å²) in [5.74, 6) is -0.265. The van der Waals surface area contributed by atoms with Crippen LogP contribution in [0.3, 0.4) is 0 Å². The minimum Gasteiger partial charge on any atom is -0.335 e. The number of urea groups is 1. The largest absolute Gasteiger partial charge is 0.335 e. The van der Waals surface area contributed by atoms with Crippen LogP contribution < -0.4 is 15.5 Å². The summed E-state index contributed by atoms with van der Waals surface area (Å²) in [6.07, 6.45) is 0.834. The molecule has 0 aliphatic heterocycles. The number of quaternary nitrogens is 1. The number of imide groups is 1. The molecule has 0 radical (unpaired) electrons. The monoisotopic (exact) mass is 278 g/mol. The summed E-state index contributed by atoms with van der Waals surface area (Å²) >= 11 is 0. The third kappa shape index (κ3) is 6.33. The normalized spacial score (nSPS) is 13.3. The molecule has 2 atom stereocenters. The van der Waals surface area contributed by atoms with Crippen LogP contribution in [0, 0.1) is 0 Å². The van der Waals surface area contributed by atoms with Gasteiger partial charge in [0.25, 0.3) is 5.91 Å². The molecule has 110 valence electrons. The van der Waals surface area contributed by atoms with Crippen molar-refractivity contribution in [2.24, 2.45) is 0 Å². The summed E-state index contributed by atoms with van der Waals surface area (Å²) in [6, 6.07) is 9.61. The van der Waals surface area contributed by atoms with E-state index in [9.17, 15) is 9.59 Å². The zero-order chi connectivity index (χ0) is 15.0. The third-order valence-electron chi connectivity index (χ3n) is 3.05. The second-order valence-electron chi connectivity index (χ2n) is 5.13. The Morgan fingerprint density at radius 3 is 2.50 bits per heavy atom. The molecular weight excluding hydrogens is 254 g/mol. The molecule has 5 nitrogen and oxygen atoms in total. The molecule has 20 heavy (non-hydrogen) atoms. The number of rotatable bonds is 6. The van der Waals surface area contributed by atoms with Gasteiger partial charge in [0.1, 0.15) is 6.54 Å². The van der Waals surface area contributed by atoms with Gasteiger partial charge in [-0.15, -0.1) is 0 Å². The highest BCUT2D eigenvalue weighted by molar-refractivity contribution is 5.94. The Morgan fingerprint density at radius 1 is 1.25 bits per heavy atom. The van der Waals surface area contributed by atoms with E-state index in [1.54, 1.807) is 0 Å². The van der Waals surface area contributed by atoms with Crippen LogP contribution in [0.1, 0.15) is 25.8 Å². The lowest BCUT2D eigenvalue weighted by Crippen LogP contribution is -3.09. The lowest BCUT2D eigenvalue weighted by atomic mass is 10.2. The fourth-order valence-corrected chi connectivity index (χ4v) is 1.81. The maximum atomic E-state index is 11.7. The smallest absolute Gasteiger partial charge is 0.321 e. The molecule has 3 N–H and O–H groups in total. The van der Waals surface area contributed by atoms with Crippen molar-refractivity contribution in [1.29, 1.82) is 0 Å². The highest BCUT2D eigenvalue weighted by Gasteiger charge is 2.14. The first-order valence-corrected chi connectivity index (χ1v) is 6.96. The molecule has 0 fully saturated rings. The Kier molecular flexibility index (Phi) is 6.73. The lowest BCUT2D eigenvalue weighted by Gasteiger charge is -2.15. The predicted octanol–water partition coefficient (Wildman–Crippen LogP) is 0.326. The van der Waals surface area contributed by atoms with Crippen LogP contribution in [0.15, 0.2) is 30.3 Å². The number of nitrogens with one attached hydrogen (secondary N) is 3. The van der Waals surface area contributed by atoms with Crippen molar-refractivity contribution in [3.05, 3.63) is 35.9 Å². The molecule has 0 aromatic heterocycles. The topological polar surface area (TPSA) is 62.6 Å². The number of carbonyl (C=O) groups is 2. The van der Waals surface area contributed by atoms with Crippen LogP contribution in [-0.4, -0.2) is 31.6 Å². The van der Waals surface area contributed by atoms with Gasteiger partial charge in [-0.1, -0.05) is 37.3 Å². The number of likely N-dealkylation sites (N-methyl/N-ethyl adjacent to an activating group) is 1. The van der Waals surface area contributed by atoms with Crippen LogP contribution in [0.4, 0.5) is 4.79 Å². The van der Waals surface area contributed by atoms with Gasteiger partial charge in [0.2, 0.25) is 0 Å². The van der Waals surface area contributed by atoms with E-state index in [2.05, 4.69) is 10.6 Å². The first-order chi connectivity index (χ1) is 9.51. The van der Waals surface area contributed by atoms with Crippen molar-refractivity contribution in [3.8, 4) is 0 Å². The minimum atomic E-state index is -0.420. The van der Waals surface area contributed by atoms with Crippen LogP contribution in [0.5, 0.6) is 0 Å². The fourth-order valence-electron chi connectivity index (χ4n) is 1.81. The standard InChI is InChI=1S/C15H23N3O2/c1-4-12(2)16-15(20)17-14(19)11-18(3)10-13-8-6-5-7-9-13/h5-9,12H,4,10-11H2,1-3H3,(H2,16,17,19,20)/p+1/t12-/m0/s1. The van der Waals surface area contributed by atoms with E-state index >= 15 is 0 Å². The summed E-state index contributed by atoms with van der Waals surface area (Å²) in [6.45, 7) is 4.89. The second kappa shape index (κ2) is 8.32. The first-order valence-electron chi connectivity index (χ1n) is 6.96. The quantitative estimate of drug-likeness (QED) is 0.702. The minimum absolute atomic E-state index is 0.0668. The third-order valence-corrected chi connectivity index (χ3v) is 3.05. The maximum Gasteiger partial charge on any atom is 0.321 e. The molecule has 0 aliphatic rings. The molecule has 0 saturated carbocycles. The molecule has 0 saturated heterocycles. The van der Waals surface area contributed by atoms with Gasteiger partial charge in [-0.05, 0) is 13.3 Å². The lowest BCUT2D eigenvalue weighted by molar-refractivity contribution is -0.885. The molecule has 5 heteroatoms. The molecule has 1 rings (SSSR count). The number of amides is 3. The van der Waals surface area contributed by atoms with Gasteiger partial charge in [-0.2, -0.15) is 0 Å². The Labute approximate surface area is 120 Å². The SMILES string of the molecule is CC[C@H](C)NC(=O)NC(=O)C[NH+](C)Cc1ccccc1. The predicted molar refractivity (Wildman–Crippen MR) is 78.3 cm³/mol. The van der Waals surface area contributed by atoms with Gasteiger partial charge in [0.15, 0.2) is 6.54 Å². The van der Waals surface area contributed by atoms with Crippen molar-refractivity contribution >= 4 is 11.9 Å². The van der Waals surface area contributed by atoms with Crippen molar-refractivity contribution < 1.29 is 14.5 Å². The Balaban J connectivity index is 2.33. The second-order valence-corrected chi connectivity index (χ2v) is 5.13. The van der Waals surface area contributed by atoms with Gasteiger partial charge >= 0.3 is 6.03 Å². The molecule has 0 spiro atoms. The van der Waals surface area contributed by atoms with E-state index in [4.69, 9.17) is 0 Å². The molecule has 0 heterocycles. The van der Waals surface area contributed by atoms with Gasteiger partial charge < -0.3 is 10.2 Å². The summed E-state index contributed by atoms with van der Waals surface area (Å²) < 4.78 is 0. The number of hydrogen-bond acceptors (Lipinski definition) is 2. The van der Waals surface area contributed by atoms with E-state index in [1.165, 1.54) is 5.56 Å². The van der Waals surface area contributed by atoms with Crippen molar-refractivity contribution in [2.45, 2.75) is 32.9 Å². The van der Waals surface area contributed by atoms with Crippen molar-refractivity contribution in [2.75, 3.05) is 13.6 Å². The van der Waals surface area contributed by atoms with Crippen LogP contribution >= 0.6 is 0 Å². The van der Waals surface area contributed by atoms with Gasteiger partial charge in [0.05, 0.1) is 7.05 Å². The molecular formula is C15H24N3O2+. The zero-order valence-electron chi connectivity index (χ0n) is 12.4. The van der Waals surface area contributed by atoms with Crippen LogP contribution in [0.25, 0.3) is 0 Å². The molecule has 1 aromatic rings.